The molecular weight excluding hydrogens is 652 g/mol. The van der Waals surface area contributed by atoms with Crippen molar-refractivity contribution in [1.29, 1.82) is 0 Å². The number of ether oxygens (including phenoxy) is 5. The summed E-state index contributed by atoms with van der Waals surface area (Å²) in [5.41, 5.74) is -2.78. The van der Waals surface area contributed by atoms with E-state index < -0.39 is 64.9 Å². The number of carbonyl (C=O) groups excluding carboxylic acids is 2. The van der Waals surface area contributed by atoms with Gasteiger partial charge >= 0.3 is 5.97 Å². The van der Waals surface area contributed by atoms with Crippen molar-refractivity contribution in [3.63, 3.8) is 0 Å². The summed E-state index contributed by atoms with van der Waals surface area (Å²) in [6, 6.07) is 0. The second kappa shape index (κ2) is 13.7. The fourth-order valence-electron chi connectivity index (χ4n) is 11.7. The zero-order valence-electron chi connectivity index (χ0n) is 29.2. The van der Waals surface area contributed by atoms with Gasteiger partial charge in [-0.3, -0.25) is 0 Å². The maximum absolute atomic E-state index is 13.2. The van der Waals surface area contributed by atoms with Gasteiger partial charge in [0.2, 0.25) is 0 Å². The van der Waals surface area contributed by atoms with Crippen LogP contribution in [0, 0.1) is 34.5 Å². The van der Waals surface area contributed by atoms with Crippen LogP contribution < -0.4 is 0 Å². The molecule has 7 aliphatic rings. The van der Waals surface area contributed by atoms with Crippen LogP contribution in [0.3, 0.4) is 0 Å². The molecule has 6 fully saturated rings. The van der Waals surface area contributed by atoms with Crippen LogP contribution in [-0.2, 0) is 33.3 Å². The fourth-order valence-corrected chi connectivity index (χ4v) is 11.7. The molecule has 4 saturated carbocycles. The van der Waals surface area contributed by atoms with Crippen LogP contribution in [0.1, 0.15) is 84.5 Å². The topological polar surface area (TPSA) is 202 Å². The molecule has 16 atom stereocenters. The number of rotatable bonds is 9. The number of fused-ring (bicyclic) bond motifs is 5. The Bertz CT molecular complexity index is 1300. The number of aliphatic hydroxyl groups excluding tert-OH is 4. The highest BCUT2D eigenvalue weighted by Crippen LogP contribution is 2.70. The van der Waals surface area contributed by atoms with Crippen molar-refractivity contribution in [3.8, 4) is 0 Å². The van der Waals surface area contributed by atoms with Gasteiger partial charge in [-0.25, -0.2) is 4.79 Å². The zero-order chi connectivity index (χ0) is 35.6. The molecule has 2 saturated heterocycles. The third kappa shape index (κ3) is 5.92. The Kier molecular flexibility index (Phi) is 10.1. The summed E-state index contributed by atoms with van der Waals surface area (Å²) in [6.45, 7) is 4.08. The van der Waals surface area contributed by atoms with Gasteiger partial charge in [0.1, 0.15) is 25.1 Å². The van der Waals surface area contributed by atoms with Gasteiger partial charge in [-0.15, -0.1) is 0 Å². The molecule has 0 bridgehead atoms. The van der Waals surface area contributed by atoms with Crippen molar-refractivity contribution in [2.45, 2.75) is 145 Å². The SMILES string of the molecule is CC1OC(OC2CCC3(C=O)C4CCC5(C)C(C6=CC(=O)OC6)CCC5(O)C4CCC3(O)C2)CC(O)C1COCC1OC(CO)CC(O)C1O. The van der Waals surface area contributed by atoms with Gasteiger partial charge in [-0.05, 0) is 81.6 Å². The first kappa shape index (κ1) is 36.8. The molecule has 4 aliphatic carbocycles. The molecule has 50 heavy (non-hydrogen) atoms. The first-order valence-electron chi connectivity index (χ1n) is 18.7. The van der Waals surface area contributed by atoms with Crippen LogP contribution in [0.5, 0.6) is 0 Å². The number of esters is 1. The predicted octanol–water partition coefficient (Wildman–Crippen LogP) is 0.923. The van der Waals surface area contributed by atoms with Crippen molar-refractivity contribution < 1.29 is 63.9 Å². The molecule has 0 radical (unpaired) electrons. The largest absolute Gasteiger partial charge is 0.458 e. The Labute approximate surface area is 293 Å². The smallest absolute Gasteiger partial charge is 0.331 e. The molecule has 0 aromatic heterocycles. The lowest BCUT2D eigenvalue weighted by Gasteiger charge is -2.65. The number of aliphatic hydroxyl groups is 6. The highest BCUT2D eigenvalue weighted by atomic mass is 16.7. The lowest BCUT2D eigenvalue weighted by Crippen LogP contribution is -2.69. The van der Waals surface area contributed by atoms with E-state index in [0.717, 1.165) is 18.3 Å². The molecule has 6 N–H and O–H groups in total. The van der Waals surface area contributed by atoms with E-state index >= 15 is 0 Å². The summed E-state index contributed by atoms with van der Waals surface area (Å²) in [5.74, 6) is -0.965. The average Bonchev–Trinajstić information content (AvgIpc) is 3.62. The molecule has 0 spiro atoms. The summed E-state index contributed by atoms with van der Waals surface area (Å²) >= 11 is 0. The Balaban J connectivity index is 0.957. The number of cyclic esters (lactones) is 1. The summed E-state index contributed by atoms with van der Waals surface area (Å²) in [5, 5.41) is 65.7. The van der Waals surface area contributed by atoms with Crippen molar-refractivity contribution in [2.75, 3.05) is 26.4 Å². The molecule has 3 heterocycles. The van der Waals surface area contributed by atoms with E-state index in [4.69, 9.17) is 23.7 Å². The van der Waals surface area contributed by atoms with Gasteiger partial charge in [0.05, 0.1) is 67.0 Å². The van der Waals surface area contributed by atoms with Gasteiger partial charge in [-0.2, -0.15) is 0 Å². The summed E-state index contributed by atoms with van der Waals surface area (Å²) in [4.78, 5) is 25.1. The Morgan fingerprint density at radius 2 is 1.74 bits per heavy atom. The number of hydrogen-bond acceptors (Lipinski definition) is 13. The Hall–Kier alpha value is -1.52. The molecule has 16 unspecified atom stereocenters. The lowest BCUT2D eigenvalue weighted by molar-refractivity contribution is -0.283. The van der Waals surface area contributed by atoms with Crippen molar-refractivity contribution in [2.24, 2.45) is 34.5 Å². The minimum Gasteiger partial charge on any atom is -0.458 e. The standard InChI is InChI=1S/C37H56O13/c1-20-24(17-46-18-30-33(43)29(41)12-23(15-38)49-30)28(40)13-32(48-20)50-22-3-8-35(19-39)26-4-7-34(2)25(21-11-31(42)47-16-21)6-10-37(34,45)27(26)5-9-36(35,44)14-22/h11,19-20,22-30,32-33,38,40-41,43-45H,3-10,12-18H2,1-2H3. The monoisotopic (exact) mass is 708 g/mol. The van der Waals surface area contributed by atoms with E-state index in [0.29, 0.717) is 44.9 Å². The molecule has 282 valence electrons. The summed E-state index contributed by atoms with van der Waals surface area (Å²) in [6.07, 6.45) is 2.01. The normalized spacial score (nSPS) is 52.0. The van der Waals surface area contributed by atoms with Crippen LogP contribution in [-0.4, -0.2) is 130 Å². The lowest BCUT2D eigenvalue weighted by atomic mass is 9.41. The Morgan fingerprint density at radius 1 is 0.960 bits per heavy atom. The van der Waals surface area contributed by atoms with Crippen LogP contribution >= 0.6 is 0 Å². The zero-order valence-corrected chi connectivity index (χ0v) is 29.2. The van der Waals surface area contributed by atoms with E-state index in [1.165, 1.54) is 0 Å². The molecule has 0 amide bonds. The minimum atomic E-state index is -1.29. The van der Waals surface area contributed by atoms with Gasteiger partial charge in [0.15, 0.2) is 6.29 Å². The highest BCUT2D eigenvalue weighted by molar-refractivity contribution is 5.85. The minimum absolute atomic E-state index is 0.0170. The molecule has 3 aliphatic heterocycles. The molecule has 13 nitrogen and oxygen atoms in total. The van der Waals surface area contributed by atoms with Crippen LogP contribution in [0.4, 0.5) is 0 Å². The third-order valence-electron chi connectivity index (χ3n) is 14.5. The molecule has 13 heteroatoms. The van der Waals surface area contributed by atoms with Crippen molar-refractivity contribution in [1.82, 2.24) is 0 Å². The average molecular weight is 709 g/mol. The third-order valence-corrected chi connectivity index (χ3v) is 14.5. The van der Waals surface area contributed by atoms with Crippen LogP contribution in [0.25, 0.3) is 0 Å². The Morgan fingerprint density at radius 3 is 2.44 bits per heavy atom. The molecule has 0 aromatic rings. The van der Waals surface area contributed by atoms with Crippen molar-refractivity contribution in [3.05, 3.63) is 11.6 Å². The maximum atomic E-state index is 13.2. The maximum Gasteiger partial charge on any atom is 0.331 e. The van der Waals surface area contributed by atoms with Gasteiger partial charge in [-0.1, -0.05) is 6.92 Å². The van der Waals surface area contributed by atoms with Gasteiger partial charge in [0.25, 0.3) is 0 Å². The highest BCUT2D eigenvalue weighted by Gasteiger charge is 2.71. The molecule has 7 rings (SSSR count). The van der Waals surface area contributed by atoms with Crippen LogP contribution in [0.2, 0.25) is 0 Å². The van der Waals surface area contributed by atoms with Crippen LogP contribution in [0.15, 0.2) is 11.6 Å². The first-order chi connectivity index (χ1) is 23.8. The van der Waals surface area contributed by atoms with E-state index in [1.54, 1.807) is 6.08 Å². The van der Waals surface area contributed by atoms with Crippen molar-refractivity contribution >= 4 is 12.3 Å². The number of hydrogen-bond donors (Lipinski definition) is 6. The van der Waals surface area contributed by atoms with Gasteiger partial charge in [0, 0.05) is 36.7 Å². The fraction of sp³-hybridized carbons (Fsp3) is 0.892. The second-order valence-electron chi connectivity index (χ2n) is 16.8. The van der Waals surface area contributed by atoms with Gasteiger partial charge < -0.3 is 59.1 Å². The molecular formula is C37H56O13. The number of aldehydes is 1. The summed E-state index contributed by atoms with van der Waals surface area (Å²) in [7, 11) is 0. The summed E-state index contributed by atoms with van der Waals surface area (Å²) < 4.78 is 29.3. The quantitative estimate of drug-likeness (QED) is 0.112. The first-order valence-corrected chi connectivity index (χ1v) is 18.7. The molecule has 0 aromatic carbocycles. The second-order valence-corrected chi connectivity index (χ2v) is 16.8. The van der Waals surface area contributed by atoms with E-state index in [1.807, 2.05) is 6.92 Å². The van der Waals surface area contributed by atoms with E-state index in [2.05, 4.69) is 6.92 Å². The van der Waals surface area contributed by atoms with E-state index in [-0.39, 0.29) is 81.4 Å². The number of carbonyl (C=O) groups is 2. The predicted molar refractivity (Wildman–Crippen MR) is 174 cm³/mol. The van der Waals surface area contributed by atoms with E-state index in [9.17, 15) is 40.2 Å².